The third kappa shape index (κ3) is 3.19. The first kappa shape index (κ1) is 16.2. The fourth-order valence-electron chi connectivity index (χ4n) is 3.99. The Kier molecular flexibility index (Phi) is 4.84. The second-order valence-electron chi connectivity index (χ2n) is 7.06. The van der Waals surface area contributed by atoms with Crippen LogP contribution in [-0.2, 0) is 6.42 Å². The molecule has 23 heavy (non-hydrogen) atoms. The third-order valence-corrected chi connectivity index (χ3v) is 5.20. The summed E-state index contributed by atoms with van der Waals surface area (Å²) in [5, 5.41) is 10.8. The minimum absolute atomic E-state index is 0.258. The van der Waals surface area contributed by atoms with Crippen LogP contribution in [0.2, 0.25) is 0 Å². The van der Waals surface area contributed by atoms with Gasteiger partial charge in [-0.25, -0.2) is 0 Å². The number of fused-ring (bicyclic) bond motifs is 1. The van der Waals surface area contributed by atoms with Crippen LogP contribution in [0.3, 0.4) is 0 Å². The molecule has 0 radical (unpaired) electrons. The fraction of sp³-hybridized carbons (Fsp3) is 0.429. The number of hydrogen-bond acceptors (Lipinski definition) is 2. The minimum Gasteiger partial charge on any atom is -0.388 e. The summed E-state index contributed by atoms with van der Waals surface area (Å²) in [5.41, 5.74) is 3.78. The maximum absolute atomic E-state index is 10.8. The van der Waals surface area contributed by atoms with E-state index in [1.165, 1.54) is 11.1 Å². The first-order valence-corrected chi connectivity index (χ1v) is 8.60. The monoisotopic (exact) mass is 309 g/mol. The Morgan fingerprint density at radius 2 is 1.57 bits per heavy atom. The summed E-state index contributed by atoms with van der Waals surface area (Å²) in [7, 11) is 2.19. The van der Waals surface area contributed by atoms with Crippen molar-refractivity contribution in [3.05, 3.63) is 71.3 Å². The molecule has 2 heteroatoms. The van der Waals surface area contributed by atoms with Gasteiger partial charge >= 0.3 is 0 Å². The van der Waals surface area contributed by atoms with Crippen LogP contribution in [0.25, 0.3) is 0 Å². The van der Waals surface area contributed by atoms with Crippen molar-refractivity contribution in [3.8, 4) is 0 Å². The minimum atomic E-state index is -0.352. The Bertz CT molecular complexity index is 637. The van der Waals surface area contributed by atoms with Crippen molar-refractivity contribution in [2.75, 3.05) is 13.6 Å². The summed E-state index contributed by atoms with van der Waals surface area (Å²) >= 11 is 0. The molecule has 2 aromatic carbocycles. The number of benzene rings is 2. The standard InChI is InChI=1S/C21H27NO/c1-15(2)19-20(17-11-7-8-12-18(17)21(19)23)22(3)14-13-16-9-5-4-6-10-16/h4-12,15,19-21,23H,13-14H2,1-3H3. The first-order chi connectivity index (χ1) is 11.1. The van der Waals surface area contributed by atoms with Crippen LogP contribution in [0, 0.1) is 11.8 Å². The summed E-state index contributed by atoms with van der Waals surface area (Å²) < 4.78 is 0. The highest BCUT2D eigenvalue weighted by atomic mass is 16.3. The van der Waals surface area contributed by atoms with Crippen molar-refractivity contribution in [3.63, 3.8) is 0 Å². The molecular formula is C21H27NO. The zero-order chi connectivity index (χ0) is 16.4. The molecule has 0 aromatic heterocycles. The van der Waals surface area contributed by atoms with Crippen LogP contribution in [0.15, 0.2) is 54.6 Å². The van der Waals surface area contributed by atoms with E-state index in [1.807, 2.05) is 6.07 Å². The second kappa shape index (κ2) is 6.86. The van der Waals surface area contributed by atoms with Crippen molar-refractivity contribution in [2.24, 2.45) is 11.8 Å². The van der Waals surface area contributed by atoms with Crippen molar-refractivity contribution in [1.29, 1.82) is 0 Å². The van der Waals surface area contributed by atoms with Crippen LogP contribution >= 0.6 is 0 Å². The average Bonchev–Trinajstić information content (AvgIpc) is 2.87. The number of likely N-dealkylation sites (N-methyl/N-ethyl adjacent to an activating group) is 1. The van der Waals surface area contributed by atoms with E-state index in [-0.39, 0.29) is 12.0 Å². The van der Waals surface area contributed by atoms with Crippen molar-refractivity contribution < 1.29 is 5.11 Å². The van der Waals surface area contributed by atoms with E-state index in [0.717, 1.165) is 18.5 Å². The number of hydrogen-bond donors (Lipinski definition) is 1. The molecule has 1 aliphatic carbocycles. The quantitative estimate of drug-likeness (QED) is 0.894. The van der Waals surface area contributed by atoms with Gasteiger partial charge in [-0.2, -0.15) is 0 Å². The Labute approximate surface area is 139 Å². The molecule has 2 aromatic rings. The van der Waals surface area contributed by atoms with E-state index in [2.05, 4.69) is 74.3 Å². The average molecular weight is 309 g/mol. The lowest BCUT2D eigenvalue weighted by atomic mass is 9.86. The molecule has 1 aliphatic rings. The summed E-state index contributed by atoms with van der Waals surface area (Å²) in [6.07, 6.45) is 0.687. The SMILES string of the molecule is CC(C)C1C(O)c2ccccc2C1N(C)CCc1ccccc1. The highest BCUT2D eigenvalue weighted by Crippen LogP contribution is 2.49. The maximum Gasteiger partial charge on any atom is 0.0842 e. The molecule has 1 N–H and O–H groups in total. The summed E-state index contributed by atoms with van der Waals surface area (Å²) in [4.78, 5) is 2.42. The van der Waals surface area contributed by atoms with Gasteiger partial charge in [0.2, 0.25) is 0 Å². The Hall–Kier alpha value is -1.64. The molecule has 3 rings (SSSR count). The van der Waals surface area contributed by atoms with Crippen LogP contribution in [0.5, 0.6) is 0 Å². The number of aliphatic hydroxyl groups excluding tert-OH is 1. The van der Waals surface area contributed by atoms with Crippen LogP contribution in [-0.4, -0.2) is 23.6 Å². The number of aliphatic hydroxyl groups is 1. The lowest BCUT2D eigenvalue weighted by Crippen LogP contribution is -2.33. The van der Waals surface area contributed by atoms with Gasteiger partial charge in [-0.05, 0) is 36.1 Å². The molecule has 0 saturated heterocycles. The second-order valence-corrected chi connectivity index (χ2v) is 7.06. The summed E-state index contributed by atoms with van der Waals surface area (Å²) in [6, 6.07) is 19.3. The molecule has 0 heterocycles. The van der Waals surface area contributed by atoms with E-state index in [9.17, 15) is 5.11 Å². The summed E-state index contributed by atoms with van der Waals surface area (Å²) in [5.74, 6) is 0.703. The van der Waals surface area contributed by atoms with Gasteiger partial charge in [0.05, 0.1) is 6.10 Å². The predicted octanol–water partition coefficient (Wildman–Crippen LogP) is 4.22. The topological polar surface area (TPSA) is 23.5 Å². The zero-order valence-electron chi connectivity index (χ0n) is 14.3. The zero-order valence-corrected chi connectivity index (χ0v) is 14.3. The van der Waals surface area contributed by atoms with E-state index >= 15 is 0 Å². The molecule has 3 unspecified atom stereocenters. The van der Waals surface area contributed by atoms with E-state index < -0.39 is 0 Å². The fourth-order valence-corrected chi connectivity index (χ4v) is 3.99. The molecule has 122 valence electrons. The Morgan fingerprint density at radius 3 is 2.22 bits per heavy atom. The molecule has 0 amide bonds. The first-order valence-electron chi connectivity index (χ1n) is 8.60. The number of nitrogens with zero attached hydrogens (tertiary/aromatic N) is 1. The molecule has 3 atom stereocenters. The Morgan fingerprint density at radius 1 is 0.957 bits per heavy atom. The van der Waals surface area contributed by atoms with E-state index in [0.29, 0.717) is 12.0 Å². The molecule has 0 spiro atoms. The smallest absolute Gasteiger partial charge is 0.0842 e. The van der Waals surface area contributed by atoms with Gasteiger partial charge < -0.3 is 5.11 Å². The molecule has 0 fully saturated rings. The molecule has 0 saturated carbocycles. The van der Waals surface area contributed by atoms with Crippen LogP contribution in [0.1, 0.15) is 42.7 Å². The highest BCUT2D eigenvalue weighted by molar-refractivity contribution is 5.38. The molecule has 2 nitrogen and oxygen atoms in total. The van der Waals surface area contributed by atoms with Gasteiger partial charge in [0, 0.05) is 18.5 Å². The third-order valence-electron chi connectivity index (χ3n) is 5.20. The van der Waals surface area contributed by atoms with Gasteiger partial charge in [-0.15, -0.1) is 0 Å². The van der Waals surface area contributed by atoms with E-state index in [1.54, 1.807) is 0 Å². The number of rotatable bonds is 5. The predicted molar refractivity (Wildman–Crippen MR) is 95.2 cm³/mol. The summed E-state index contributed by atoms with van der Waals surface area (Å²) in [6.45, 7) is 5.44. The molecular weight excluding hydrogens is 282 g/mol. The lowest BCUT2D eigenvalue weighted by molar-refractivity contribution is 0.0404. The largest absolute Gasteiger partial charge is 0.388 e. The highest BCUT2D eigenvalue weighted by Gasteiger charge is 2.42. The van der Waals surface area contributed by atoms with E-state index in [4.69, 9.17) is 0 Å². The van der Waals surface area contributed by atoms with Crippen LogP contribution < -0.4 is 0 Å². The van der Waals surface area contributed by atoms with Gasteiger partial charge in [0.25, 0.3) is 0 Å². The van der Waals surface area contributed by atoms with Crippen molar-refractivity contribution in [1.82, 2.24) is 4.90 Å². The van der Waals surface area contributed by atoms with Gasteiger partial charge in [-0.3, -0.25) is 4.90 Å². The van der Waals surface area contributed by atoms with Crippen molar-refractivity contribution in [2.45, 2.75) is 32.4 Å². The molecule has 0 bridgehead atoms. The lowest BCUT2D eigenvalue weighted by Gasteiger charge is -2.33. The van der Waals surface area contributed by atoms with Gasteiger partial charge in [-0.1, -0.05) is 68.4 Å². The van der Waals surface area contributed by atoms with Gasteiger partial charge in [0.1, 0.15) is 0 Å². The normalized spacial score (nSPS) is 23.5. The Balaban J connectivity index is 1.81. The van der Waals surface area contributed by atoms with Crippen molar-refractivity contribution >= 4 is 0 Å². The maximum atomic E-state index is 10.8. The molecule has 0 aliphatic heterocycles. The van der Waals surface area contributed by atoms with Crippen LogP contribution in [0.4, 0.5) is 0 Å². The van der Waals surface area contributed by atoms with Gasteiger partial charge in [0.15, 0.2) is 0 Å².